The third-order valence-electron chi connectivity index (χ3n) is 1.50. The second-order valence-electron chi connectivity index (χ2n) is 3.21. The molecular weight excluding hydrogens is 484 g/mol. The van der Waals surface area contributed by atoms with Crippen LogP contribution < -0.4 is 123 Å². The van der Waals surface area contributed by atoms with Crippen molar-refractivity contribution in [3.05, 3.63) is 0 Å². The molecule has 1 aliphatic heterocycles. The summed E-state index contributed by atoms with van der Waals surface area (Å²) in [6, 6.07) is 0. The summed E-state index contributed by atoms with van der Waals surface area (Å²) in [7, 11) is -10.3. The molecule has 0 aromatic carbocycles. The van der Waals surface area contributed by atoms with E-state index >= 15 is 0 Å². The van der Waals surface area contributed by atoms with Gasteiger partial charge in [0.15, 0.2) is 0 Å². The van der Waals surface area contributed by atoms with Gasteiger partial charge in [-0.2, -0.15) is 23.7 Å². The molecule has 136 valence electrons. The Kier molecular flexibility index (Phi) is 45.4. The third-order valence-corrected chi connectivity index (χ3v) is 4.21. The van der Waals surface area contributed by atoms with E-state index in [4.69, 9.17) is 18.2 Å². The fourth-order valence-electron chi connectivity index (χ4n) is 0.829. The zero-order valence-electron chi connectivity index (χ0n) is 14.8. The summed E-state index contributed by atoms with van der Waals surface area (Å²) in [5, 5.41) is 12.1. The summed E-state index contributed by atoms with van der Waals surface area (Å²) in [4.78, 5) is 0. The Morgan fingerprint density at radius 3 is 1.85 bits per heavy atom. The summed E-state index contributed by atoms with van der Waals surface area (Å²) < 4.78 is 83.8. The van der Waals surface area contributed by atoms with Gasteiger partial charge < -0.3 is 22.8 Å². The van der Waals surface area contributed by atoms with Crippen LogP contribution in [0, 0.1) is 0 Å². The van der Waals surface area contributed by atoms with E-state index in [1.807, 2.05) is 0 Å². The van der Waals surface area contributed by atoms with Gasteiger partial charge in [0.05, 0.1) is 22.5 Å². The van der Waals surface area contributed by atoms with Crippen molar-refractivity contribution in [3.8, 4) is 0 Å². The second kappa shape index (κ2) is 27.0. The average Bonchev–Trinajstić information content (AvgIpc) is 2.72. The molecule has 1 rings (SSSR count). The molecule has 1 saturated heterocycles. The van der Waals surface area contributed by atoms with E-state index in [2.05, 4.69) is 13.6 Å². The van der Waals surface area contributed by atoms with E-state index in [9.17, 15) is 21.4 Å². The van der Waals surface area contributed by atoms with Gasteiger partial charge in [-0.1, -0.05) is 0 Å². The van der Waals surface area contributed by atoms with Crippen molar-refractivity contribution < 1.29 is 171 Å². The first kappa shape index (κ1) is 43.8. The molecule has 1 fully saturated rings. The first-order valence-electron chi connectivity index (χ1n) is 5.15. The van der Waals surface area contributed by atoms with Gasteiger partial charge in [0.2, 0.25) is 0 Å². The van der Waals surface area contributed by atoms with E-state index in [0.29, 0.717) is 25.1 Å². The zero-order valence-corrected chi connectivity index (χ0v) is 26.0. The molecule has 12 nitrogen and oxygen atoms in total. The molecule has 0 N–H and O–H groups in total. The largest absolute Gasteiger partial charge is 1.00 e. The van der Waals surface area contributed by atoms with Crippen molar-refractivity contribution >= 4 is 43.3 Å². The van der Waals surface area contributed by atoms with Crippen LogP contribution >= 0.6 is 12.0 Å². The molecule has 1 heterocycles. The van der Waals surface area contributed by atoms with Gasteiger partial charge in [-0.3, -0.25) is 9.22 Å². The average molecular weight is 496 g/mol. The minimum atomic E-state index is -4.15. The van der Waals surface area contributed by atoms with Crippen LogP contribution in [0.4, 0.5) is 0 Å². The van der Waals surface area contributed by atoms with Crippen molar-refractivity contribution in [1.82, 2.24) is 0 Å². The molecule has 0 radical (unpaired) electrons. The molecule has 0 bridgehead atoms. The zero-order chi connectivity index (χ0) is 17.6. The fraction of sp³-hybridized carbons (Fsp3) is 1.00. The first-order valence-corrected chi connectivity index (χ1v) is 10.2. The molecule has 0 unspecified atom stereocenters. The second-order valence-corrected chi connectivity index (χ2v) is 7.69. The first-order chi connectivity index (χ1) is 10.00. The van der Waals surface area contributed by atoms with Crippen molar-refractivity contribution in [2.24, 2.45) is 0 Å². The Balaban J connectivity index is -0.0000000586. The van der Waals surface area contributed by atoms with E-state index in [-0.39, 0.29) is 136 Å². The van der Waals surface area contributed by atoms with Crippen molar-refractivity contribution in [2.75, 3.05) is 23.9 Å². The van der Waals surface area contributed by atoms with E-state index in [0.717, 1.165) is 0 Å². The predicted octanol–water partition coefficient (Wildman–Crippen LogP) is -14.0. The Labute approximate surface area is 247 Å². The van der Waals surface area contributed by atoms with Crippen LogP contribution in [0.1, 0.15) is 12.8 Å². The third kappa shape index (κ3) is 46.3. The van der Waals surface area contributed by atoms with Crippen molar-refractivity contribution in [1.29, 1.82) is 0 Å². The van der Waals surface area contributed by atoms with E-state index < -0.39 is 37.0 Å². The van der Waals surface area contributed by atoms with Gasteiger partial charge in [0, 0.05) is 23.5 Å². The summed E-state index contributed by atoms with van der Waals surface area (Å²) >= 11 is 0.656. The minimum absolute atomic E-state index is 0. The Morgan fingerprint density at radius 2 is 1.62 bits per heavy atom. The maximum atomic E-state index is 10.2. The fourth-order valence-corrected chi connectivity index (χ4v) is 2.84. The smallest absolute Gasteiger partial charge is 0.917 e. The van der Waals surface area contributed by atoms with E-state index in [1.165, 1.54) is 0 Å². The molecular formula is C6H12Na4O12S4. The molecule has 0 saturated carbocycles. The molecule has 26 heavy (non-hydrogen) atoms. The normalized spacial score (nSPS) is 13.8. The standard InChI is InChI=1S/C3H8O6S2.C3H6O3S.4Na.O3S/c4-8-9-10-2-1-3-11(5,6)7;4-7(5)3-1-2-6-7;;;;;1-4(2)3/h4H,1-3H2,(H,5,6,7);1-3H2;;;;;/q;;4*+1;-2/p-2. The summed E-state index contributed by atoms with van der Waals surface area (Å²) in [6.07, 6.45) is 0.794. The summed E-state index contributed by atoms with van der Waals surface area (Å²) in [6.45, 7) is 0.377. The van der Waals surface area contributed by atoms with Crippen LogP contribution in [0.15, 0.2) is 0 Å². The van der Waals surface area contributed by atoms with Crippen molar-refractivity contribution in [3.63, 3.8) is 0 Å². The molecule has 0 aromatic heterocycles. The number of hydrogen-bond donors (Lipinski definition) is 0. The van der Waals surface area contributed by atoms with Gasteiger partial charge in [-0.15, -0.1) is 0 Å². The van der Waals surface area contributed by atoms with Crippen LogP contribution in [0.2, 0.25) is 0 Å². The van der Waals surface area contributed by atoms with Crippen LogP contribution in [-0.4, -0.2) is 49.8 Å². The molecule has 0 amide bonds. The van der Waals surface area contributed by atoms with Crippen LogP contribution in [0.25, 0.3) is 0 Å². The maximum absolute atomic E-state index is 10.2. The van der Waals surface area contributed by atoms with Gasteiger partial charge >= 0.3 is 118 Å². The Hall–Kier alpha value is 3.96. The van der Waals surface area contributed by atoms with Crippen LogP contribution in [0.5, 0.6) is 0 Å². The van der Waals surface area contributed by atoms with Gasteiger partial charge in [0.25, 0.3) is 10.1 Å². The van der Waals surface area contributed by atoms with Gasteiger partial charge in [-0.25, -0.2) is 8.42 Å². The maximum Gasteiger partial charge on any atom is 1.00 e. The van der Waals surface area contributed by atoms with Gasteiger partial charge in [-0.05, 0) is 12.8 Å². The Bertz CT molecular complexity index is 530. The Morgan fingerprint density at radius 1 is 1.15 bits per heavy atom. The van der Waals surface area contributed by atoms with Gasteiger partial charge in [0.1, 0.15) is 0 Å². The summed E-state index contributed by atoms with van der Waals surface area (Å²) in [5.41, 5.74) is 0. The van der Waals surface area contributed by atoms with Crippen molar-refractivity contribution in [2.45, 2.75) is 12.8 Å². The molecule has 0 atom stereocenters. The predicted molar refractivity (Wildman–Crippen MR) is 67.7 cm³/mol. The topological polar surface area (TPSA) is 199 Å². The van der Waals surface area contributed by atoms with Crippen LogP contribution in [0.3, 0.4) is 0 Å². The summed E-state index contributed by atoms with van der Waals surface area (Å²) in [5.74, 6) is -0.0288. The number of rotatable bonds is 6. The molecule has 1 aliphatic rings. The SMILES string of the molecule is O=S(=O)([O-])CCCSOO[O-].O=S1(=O)CCCO1.O=[S-](=O)[O-].[Na+].[Na+].[Na+].[Na+]. The molecule has 0 aliphatic carbocycles. The molecule has 20 heteroatoms. The molecule has 0 spiro atoms. The number of hydrogen-bond acceptors (Lipinski definition) is 14. The van der Waals surface area contributed by atoms with Crippen LogP contribution in [-0.2, 0) is 53.2 Å². The monoisotopic (exact) mass is 496 g/mol. The quantitative estimate of drug-likeness (QED) is 0.0387. The minimum Gasteiger partial charge on any atom is -0.917 e. The molecule has 0 aromatic rings. The van der Waals surface area contributed by atoms with E-state index in [1.54, 1.807) is 0 Å².